The van der Waals surface area contributed by atoms with Crippen molar-refractivity contribution >= 4 is 48.1 Å². The van der Waals surface area contributed by atoms with Crippen molar-refractivity contribution < 1.29 is 73.5 Å². The summed E-state index contributed by atoms with van der Waals surface area (Å²) in [5.41, 5.74) is -1.38. The van der Waals surface area contributed by atoms with Crippen LogP contribution in [0.4, 0.5) is 52.7 Å². The van der Waals surface area contributed by atoms with Crippen LogP contribution in [0.5, 0.6) is 0 Å². The van der Waals surface area contributed by atoms with Crippen molar-refractivity contribution in [3.05, 3.63) is 129 Å². The summed E-state index contributed by atoms with van der Waals surface area (Å²) < 4.78 is 159. The van der Waals surface area contributed by atoms with E-state index in [2.05, 4.69) is 13.1 Å². The van der Waals surface area contributed by atoms with E-state index in [-0.39, 0.29) is 35.1 Å². The summed E-state index contributed by atoms with van der Waals surface area (Å²) in [5.74, 6) is 0.385. The molecule has 0 atom stereocenters. The Balaban J connectivity index is 0.000000283. The van der Waals surface area contributed by atoms with E-state index in [0.29, 0.717) is 33.0 Å². The fourth-order valence-electron chi connectivity index (χ4n) is 6.46. The number of halogens is 14. The van der Waals surface area contributed by atoms with E-state index in [1.54, 1.807) is 26.0 Å². The molecule has 0 aliphatic carbocycles. The number of benzene rings is 4. The zero-order valence-electron chi connectivity index (χ0n) is 33.5. The summed E-state index contributed by atoms with van der Waals surface area (Å²) >= 11 is -0.826. The van der Waals surface area contributed by atoms with Gasteiger partial charge in [0, 0.05) is 9.52 Å². The van der Waals surface area contributed by atoms with Crippen LogP contribution in [0.1, 0.15) is 84.0 Å². The molecule has 0 spiro atoms. The number of aryl methyl sites for hydroxylation is 2. The Bertz CT molecular complexity index is 2130. The molecule has 0 aromatic heterocycles. The van der Waals surface area contributed by atoms with Gasteiger partial charge in [-0.1, -0.05) is 63.0 Å². The Kier molecular flexibility index (Phi) is 17.5. The van der Waals surface area contributed by atoms with E-state index in [9.17, 15) is 52.7 Å². The molecule has 0 fully saturated rings. The van der Waals surface area contributed by atoms with Gasteiger partial charge in [-0.3, -0.25) is 0 Å². The Morgan fingerprint density at radius 3 is 0.950 bits per heavy atom. The normalized spacial score (nSPS) is 12.1. The van der Waals surface area contributed by atoms with Crippen molar-refractivity contribution in [2.75, 3.05) is 0 Å². The van der Waals surface area contributed by atoms with Crippen molar-refractivity contribution in [1.29, 1.82) is 0 Å². The van der Waals surface area contributed by atoms with Gasteiger partial charge in [-0.2, -0.15) is 64.8 Å². The Morgan fingerprint density at radius 1 is 0.483 bits per heavy atom. The summed E-state index contributed by atoms with van der Waals surface area (Å²) in [7, 11) is 11.0. The predicted molar refractivity (Wildman–Crippen MR) is 217 cm³/mol. The Morgan fingerprint density at radius 2 is 0.733 bits per heavy atom. The third-order valence-electron chi connectivity index (χ3n) is 9.33. The molecule has 6 aromatic carbocycles. The molecule has 0 saturated carbocycles. The average Bonchev–Trinajstić information content (AvgIpc) is 3.76. The van der Waals surface area contributed by atoms with E-state index in [1.165, 1.54) is 0 Å². The van der Waals surface area contributed by atoms with E-state index in [4.69, 9.17) is 17.0 Å². The summed E-state index contributed by atoms with van der Waals surface area (Å²) in [5, 5.41) is 2.91. The van der Waals surface area contributed by atoms with Gasteiger partial charge in [0.05, 0.1) is 22.3 Å². The van der Waals surface area contributed by atoms with Gasteiger partial charge in [0.15, 0.2) is 0 Å². The monoisotopic (exact) mass is 984 g/mol. The fraction of sp³-hybridized carbons (Fsp3) is 0.318. The second kappa shape index (κ2) is 20.4. The second-order valence-electron chi connectivity index (χ2n) is 14.6. The molecule has 322 valence electrons. The number of rotatable bonds is 4. The number of hydrogen-bond donors (Lipinski definition) is 0. The maximum atomic E-state index is 13.2. The third kappa shape index (κ3) is 13.0. The van der Waals surface area contributed by atoms with Gasteiger partial charge in [-0.05, 0) is 73.2 Å². The average molecular weight is 987 g/mol. The number of hydrogen-bond acceptors (Lipinski definition) is 0. The van der Waals surface area contributed by atoms with Gasteiger partial charge < -0.3 is 0 Å². The molecule has 0 nitrogen and oxygen atoms in total. The van der Waals surface area contributed by atoms with Gasteiger partial charge in [0.1, 0.15) is 0 Å². The van der Waals surface area contributed by atoms with Gasteiger partial charge >= 0.3 is 62.6 Å². The zero-order valence-corrected chi connectivity index (χ0v) is 38.5. The molecule has 2 radical (unpaired) electrons. The van der Waals surface area contributed by atoms with E-state index >= 15 is 0 Å². The van der Waals surface area contributed by atoms with Gasteiger partial charge in [0.2, 0.25) is 0 Å². The molecular formula is C44H40Cl2F12SiZr. The van der Waals surface area contributed by atoms with Crippen LogP contribution in [0, 0.1) is 13.8 Å². The first-order valence-electron chi connectivity index (χ1n) is 18.1. The van der Waals surface area contributed by atoms with Crippen molar-refractivity contribution in [3.8, 4) is 22.3 Å². The van der Waals surface area contributed by atoms with E-state index in [1.807, 2.05) is 64.1 Å². The van der Waals surface area contributed by atoms with E-state index in [0.717, 1.165) is 55.7 Å². The quantitative estimate of drug-likeness (QED) is 0.0938. The molecule has 6 aromatic rings. The van der Waals surface area contributed by atoms with Crippen LogP contribution in [0.2, 0.25) is 13.1 Å². The van der Waals surface area contributed by atoms with Crippen molar-refractivity contribution in [2.45, 2.75) is 91.2 Å². The van der Waals surface area contributed by atoms with Crippen LogP contribution in [0.15, 0.2) is 84.9 Å². The molecule has 0 bridgehead atoms. The summed E-state index contributed by atoms with van der Waals surface area (Å²) in [6.45, 7) is 15.6. The molecule has 0 aliphatic heterocycles. The molecule has 0 unspecified atom stereocenters. The van der Waals surface area contributed by atoms with Crippen molar-refractivity contribution in [2.24, 2.45) is 0 Å². The van der Waals surface area contributed by atoms with Crippen LogP contribution in [0.25, 0.3) is 43.8 Å². The molecular weight excluding hydrogens is 947 g/mol. The van der Waals surface area contributed by atoms with Crippen LogP contribution in [-0.2, 0) is 45.6 Å². The number of alkyl halides is 12. The summed E-state index contributed by atoms with van der Waals surface area (Å²) in [6, 6.07) is 18.1. The van der Waals surface area contributed by atoms with Crippen LogP contribution in [0.3, 0.4) is 0 Å². The molecule has 6 rings (SSSR count). The van der Waals surface area contributed by atoms with Crippen LogP contribution in [-0.4, -0.2) is 9.52 Å². The first-order valence-corrected chi connectivity index (χ1v) is 26.5. The Labute approximate surface area is 362 Å². The molecule has 16 heteroatoms. The first-order chi connectivity index (χ1) is 27.6. The number of fused-ring (bicyclic) bond motifs is 2. The molecule has 0 amide bonds. The first kappa shape index (κ1) is 51.3. The molecule has 0 N–H and O–H groups in total. The second-order valence-corrected chi connectivity index (χ2v) is 19.3. The Hall–Kier alpha value is -3.06. The molecule has 0 aliphatic rings. The van der Waals surface area contributed by atoms with Gasteiger partial charge in [0.25, 0.3) is 0 Å². The topological polar surface area (TPSA) is 0 Å². The maximum absolute atomic E-state index is 13.2. The minimum atomic E-state index is -4.87. The SMILES string of the molecule is C[Si]C.Cc1ccc2[cH-]c(C(C)C)cc2c1-c1cc(C(F)(F)F)cc(C(F)(F)F)c1.Cc1ccc2[cH-]c(C(C)C)cc2c1-c1cc(C(F)(F)F)cc(C(F)(F)F)c1.[Cl][Zr+2][Cl]. The standard InChI is InChI=1S/2C21H17F6.C2H6Si.2ClH.Zr/c2*1-11(2)14-6-13-5-4-12(3)19(18(13)9-14)15-7-16(20(22,23)24)10-17(8-15)21(25,26)27;1-3-2;;;/h2*4-11H,1-3H3;1-2H3;2*1H;/q2*-1;;;;+4/p-2. The van der Waals surface area contributed by atoms with Crippen molar-refractivity contribution in [1.82, 2.24) is 0 Å². The third-order valence-corrected chi connectivity index (χ3v) is 9.33. The molecule has 0 saturated heterocycles. The summed E-state index contributed by atoms with van der Waals surface area (Å²) in [4.78, 5) is 0. The summed E-state index contributed by atoms with van der Waals surface area (Å²) in [6.07, 6.45) is -19.5. The minimum absolute atomic E-state index is 0.0823. The fourth-order valence-corrected chi connectivity index (χ4v) is 6.46. The van der Waals surface area contributed by atoms with Crippen LogP contribution < -0.4 is 0 Å². The molecule has 0 heterocycles. The predicted octanol–water partition coefficient (Wildman–Crippen LogP) is 17.6. The van der Waals surface area contributed by atoms with Gasteiger partial charge in [-0.15, -0.1) is 69.1 Å². The van der Waals surface area contributed by atoms with Gasteiger partial charge in [-0.25, -0.2) is 0 Å². The zero-order chi connectivity index (χ0) is 45.7. The molecule has 60 heavy (non-hydrogen) atoms. The van der Waals surface area contributed by atoms with E-state index < -0.39 is 67.8 Å². The van der Waals surface area contributed by atoms with Crippen molar-refractivity contribution in [3.63, 3.8) is 0 Å². The van der Waals surface area contributed by atoms with Crippen LogP contribution >= 0.6 is 17.0 Å².